The molecular formula is C10H17N3O2S2. The Hall–Kier alpha value is -0.820. The first kappa shape index (κ1) is 14.2. The Morgan fingerprint density at radius 1 is 1.47 bits per heavy atom. The fourth-order valence-electron chi connectivity index (χ4n) is 1.01. The number of carbonyl (C=O) groups is 1. The van der Waals surface area contributed by atoms with E-state index in [4.69, 9.17) is 4.74 Å². The van der Waals surface area contributed by atoms with Gasteiger partial charge in [-0.1, -0.05) is 11.3 Å². The molecule has 1 aromatic rings. The Kier molecular flexibility index (Phi) is 5.20. The summed E-state index contributed by atoms with van der Waals surface area (Å²) >= 11 is 2.98. The van der Waals surface area contributed by atoms with Gasteiger partial charge in [-0.05, 0) is 20.8 Å². The first-order valence-electron chi connectivity index (χ1n) is 5.20. The number of rotatable bonds is 5. The second kappa shape index (κ2) is 6.20. The van der Waals surface area contributed by atoms with Crippen molar-refractivity contribution < 1.29 is 9.53 Å². The van der Waals surface area contributed by atoms with E-state index in [-0.39, 0.29) is 5.97 Å². The van der Waals surface area contributed by atoms with Crippen molar-refractivity contribution in [2.24, 2.45) is 0 Å². The van der Waals surface area contributed by atoms with Gasteiger partial charge in [0.2, 0.25) is 5.13 Å². The van der Waals surface area contributed by atoms with Crippen LogP contribution in [0.25, 0.3) is 0 Å². The molecule has 0 aliphatic carbocycles. The molecule has 96 valence electrons. The highest BCUT2D eigenvalue weighted by molar-refractivity contribution is 7.99. The molecule has 0 spiro atoms. The smallest absolute Gasteiger partial charge is 0.316 e. The van der Waals surface area contributed by atoms with Gasteiger partial charge in [0.05, 0.1) is 5.75 Å². The molecule has 7 heteroatoms. The van der Waals surface area contributed by atoms with Crippen molar-refractivity contribution in [3.05, 3.63) is 5.01 Å². The van der Waals surface area contributed by atoms with Crippen LogP contribution in [-0.4, -0.2) is 34.6 Å². The SMILES string of the molecule is CNc1nnc(CSCC(=O)OC(C)(C)C)s1. The highest BCUT2D eigenvalue weighted by atomic mass is 32.2. The van der Waals surface area contributed by atoms with Crippen LogP contribution in [0.15, 0.2) is 0 Å². The van der Waals surface area contributed by atoms with E-state index in [9.17, 15) is 4.79 Å². The lowest BCUT2D eigenvalue weighted by Crippen LogP contribution is -2.24. The van der Waals surface area contributed by atoms with E-state index >= 15 is 0 Å². The summed E-state index contributed by atoms with van der Waals surface area (Å²) in [5.41, 5.74) is -0.417. The van der Waals surface area contributed by atoms with Crippen LogP contribution in [0.3, 0.4) is 0 Å². The van der Waals surface area contributed by atoms with E-state index in [1.54, 1.807) is 7.05 Å². The van der Waals surface area contributed by atoms with E-state index in [0.29, 0.717) is 11.5 Å². The van der Waals surface area contributed by atoms with Crippen molar-refractivity contribution in [1.29, 1.82) is 0 Å². The second-order valence-corrected chi connectivity index (χ2v) is 6.38. The maximum Gasteiger partial charge on any atom is 0.316 e. The average molecular weight is 275 g/mol. The number of ether oxygens (including phenoxy) is 1. The summed E-state index contributed by atoms with van der Waals surface area (Å²) in [6.07, 6.45) is 0. The summed E-state index contributed by atoms with van der Waals surface area (Å²) in [4.78, 5) is 11.4. The lowest BCUT2D eigenvalue weighted by molar-refractivity contribution is -0.151. The van der Waals surface area contributed by atoms with Gasteiger partial charge in [0, 0.05) is 12.8 Å². The number of anilines is 1. The molecule has 0 aliphatic heterocycles. The average Bonchev–Trinajstić information content (AvgIpc) is 2.63. The fourth-order valence-corrected chi connectivity index (χ4v) is 2.54. The molecule has 0 unspecified atom stereocenters. The molecule has 0 bridgehead atoms. The Morgan fingerprint density at radius 2 is 2.18 bits per heavy atom. The van der Waals surface area contributed by atoms with E-state index < -0.39 is 5.60 Å². The zero-order valence-electron chi connectivity index (χ0n) is 10.4. The normalized spacial score (nSPS) is 11.3. The Morgan fingerprint density at radius 3 is 2.71 bits per heavy atom. The second-order valence-electron chi connectivity index (χ2n) is 4.33. The number of aromatic nitrogens is 2. The van der Waals surface area contributed by atoms with Crippen molar-refractivity contribution in [3.63, 3.8) is 0 Å². The van der Waals surface area contributed by atoms with Crippen molar-refractivity contribution in [1.82, 2.24) is 10.2 Å². The minimum atomic E-state index is -0.417. The maximum atomic E-state index is 11.4. The fraction of sp³-hybridized carbons (Fsp3) is 0.700. The van der Waals surface area contributed by atoms with Gasteiger partial charge in [-0.2, -0.15) is 0 Å². The van der Waals surface area contributed by atoms with Crippen molar-refractivity contribution in [2.45, 2.75) is 32.1 Å². The molecule has 1 heterocycles. The molecular weight excluding hydrogens is 258 g/mol. The summed E-state index contributed by atoms with van der Waals surface area (Å²) < 4.78 is 5.20. The predicted molar refractivity (Wildman–Crippen MR) is 71.5 cm³/mol. The Bertz CT molecular complexity index is 374. The van der Waals surface area contributed by atoms with Crippen molar-refractivity contribution in [3.8, 4) is 0 Å². The third-order valence-corrected chi connectivity index (χ3v) is 3.59. The highest BCUT2D eigenvalue weighted by Crippen LogP contribution is 2.20. The first-order chi connectivity index (χ1) is 7.90. The molecule has 0 saturated carbocycles. The Labute approximate surface area is 109 Å². The van der Waals surface area contributed by atoms with Gasteiger partial charge in [-0.3, -0.25) is 4.79 Å². The van der Waals surface area contributed by atoms with Crippen LogP contribution in [0.2, 0.25) is 0 Å². The number of thioether (sulfide) groups is 1. The number of hydrogen-bond donors (Lipinski definition) is 1. The number of hydrogen-bond acceptors (Lipinski definition) is 7. The molecule has 1 rings (SSSR count). The number of nitrogens with zero attached hydrogens (tertiary/aromatic N) is 2. The summed E-state index contributed by atoms with van der Waals surface area (Å²) in [5, 5.41) is 12.5. The van der Waals surface area contributed by atoms with Crippen LogP contribution >= 0.6 is 23.1 Å². The number of esters is 1. The van der Waals surface area contributed by atoms with Crippen LogP contribution in [-0.2, 0) is 15.3 Å². The summed E-state index contributed by atoms with van der Waals surface area (Å²) in [6, 6.07) is 0. The third-order valence-electron chi connectivity index (χ3n) is 1.55. The molecule has 0 atom stereocenters. The Balaban J connectivity index is 2.26. The van der Waals surface area contributed by atoms with Crippen LogP contribution in [0.1, 0.15) is 25.8 Å². The molecule has 17 heavy (non-hydrogen) atoms. The van der Waals surface area contributed by atoms with Gasteiger partial charge in [0.25, 0.3) is 0 Å². The van der Waals surface area contributed by atoms with Gasteiger partial charge < -0.3 is 10.1 Å². The highest BCUT2D eigenvalue weighted by Gasteiger charge is 2.16. The molecule has 1 N–H and O–H groups in total. The molecule has 5 nitrogen and oxygen atoms in total. The largest absolute Gasteiger partial charge is 0.459 e. The third kappa shape index (κ3) is 5.88. The molecule has 0 amide bonds. The minimum absolute atomic E-state index is 0.194. The maximum absolute atomic E-state index is 11.4. The quantitative estimate of drug-likeness (QED) is 0.831. The zero-order valence-corrected chi connectivity index (χ0v) is 12.1. The molecule has 0 aliphatic rings. The first-order valence-corrected chi connectivity index (χ1v) is 7.17. The molecule has 1 aromatic heterocycles. The van der Waals surface area contributed by atoms with Crippen molar-refractivity contribution in [2.75, 3.05) is 18.1 Å². The van der Waals surface area contributed by atoms with E-state index in [1.165, 1.54) is 23.1 Å². The van der Waals surface area contributed by atoms with E-state index in [1.807, 2.05) is 20.8 Å². The number of nitrogens with one attached hydrogen (secondary N) is 1. The summed E-state index contributed by atoms with van der Waals surface area (Å²) in [5.74, 6) is 0.825. The van der Waals surface area contributed by atoms with Crippen LogP contribution in [0.5, 0.6) is 0 Å². The van der Waals surface area contributed by atoms with Crippen molar-refractivity contribution >= 4 is 34.2 Å². The molecule has 0 aromatic carbocycles. The summed E-state index contributed by atoms with van der Waals surface area (Å²) in [7, 11) is 1.80. The predicted octanol–water partition coefficient (Wildman–Crippen LogP) is 2.15. The van der Waals surface area contributed by atoms with Crippen LogP contribution < -0.4 is 5.32 Å². The standard InChI is InChI=1S/C10H17N3O2S2/c1-10(2,3)15-8(14)6-16-5-7-12-13-9(11-4)17-7/h5-6H2,1-4H3,(H,11,13). The van der Waals surface area contributed by atoms with Gasteiger partial charge in [-0.25, -0.2) is 0 Å². The van der Waals surface area contributed by atoms with E-state index in [0.717, 1.165) is 10.1 Å². The van der Waals surface area contributed by atoms with Crippen LogP contribution in [0.4, 0.5) is 5.13 Å². The number of carbonyl (C=O) groups excluding carboxylic acids is 1. The lowest BCUT2D eigenvalue weighted by Gasteiger charge is -2.19. The van der Waals surface area contributed by atoms with Gasteiger partial charge in [0.1, 0.15) is 10.6 Å². The van der Waals surface area contributed by atoms with Gasteiger partial charge in [-0.15, -0.1) is 22.0 Å². The molecule has 0 fully saturated rings. The lowest BCUT2D eigenvalue weighted by atomic mass is 10.2. The monoisotopic (exact) mass is 275 g/mol. The minimum Gasteiger partial charge on any atom is -0.459 e. The zero-order chi connectivity index (χ0) is 12.9. The van der Waals surface area contributed by atoms with Gasteiger partial charge in [0.15, 0.2) is 0 Å². The van der Waals surface area contributed by atoms with E-state index in [2.05, 4.69) is 15.5 Å². The topological polar surface area (TPSA) is 64.1 Å². The molecule has 0 saturated heterocycles. The van der Waals surface area contributed by atoms with Crippen LogP contribution in [0, 0.1) is 0 Å². The summed E-state index contributed by atoms with van der Waals surface area (Å²) in [6.45, 7) is 5.58. The van der Waals surface area contributed by atoms with Gasteiger partial charge >= 0.3 is 5.97 Å². The molecule has 0 radical (unpaired) electrons.